The number of furan rings is 1. The van der Waals surface area contributed by atoms with Crippen molar-refractivity contribution in [2.24, 2.45) is 0 Å². The van der Waals surface area contributed by atoms with Crippen LogP contribution < -0.4 is 14.8 Å². The van der Waals surface area contributed by atoms with E-state index >= 15 is 0 Å². The predicted octanol–water partition coefficient (Wildman–Crippen LogP) is 7.41. The predicted molar refractivity (Wildman–Crippen MR) is 137 cm³/mol. The Hall–Kier alpha value is -3.48. The molecule has 0 aliphatic rings. The number of carbonyl (C=O) groups is 2. The SMILES string of the molecule is CCCOc1c(Cl)cc(C(=O)Nc2c(C(=O)c3ccc(OCC)cc3)oc3ccccc23)cc1Cl. The summed E-state index contributed by atoms with van der Waals surface area (Å²) in [6.45, 7) is 4.81. The zero-order chi connectivity index (χ0) is 24.9. The average Bonchev–Trinajstić information content (AvgIpc) is 3.22. The summed E-state index contributed by atoms with van der Waals surface area (Å²) in [5.41, 5.74) is 1.35. The number of benzene rings is 3. The molecule has 3 aromatic carbocycles. The van der Waals surface area contributed by atoms with Crippen molar-refractivity contribution in [2.75, 3.05) is 18.5 Å². The molecular weight excluding hydrogens is 489 g/mol. The molecule has 0 atom stereocenters. The quantitative estimate of drug-likeness (QED) is 0.236. The van der Waals surface area contributed by atoms with Gasteiger partial charge in [-0.05, 0) is 61.9 Å². The third-order valence-electron chi connectivity index (χ3n) is 5.18. The van der Waals surface area contributed by atoms with Gasteiger partial charge < -0.3 is 19.2 Å². The van der Waals surface area contributed by atoms with E-state index in [2.05, 4.69) is 5.32 Å². The van der Waals surface area contributed by atoms with Crippen LogP contribution in [0.4, 0.5) is 5.69 Å². The topological polar surface area (TPSA) is 77.8 Å². The van der Waals surface area contributed by atoms with E-state index in [1.54, 1.807) is 48.5 Å². The van der Waals surface area contributed by atoms with Crippen molar-refractivity contribution in [3.63, 3.8) is 0 Å². The number of ether oxygens (including phenoxy) is 2. The molecule has 1 amide bonds. The first-order valence-electron chi connectivity index (χ1n) is 11.1. The lowest BCUT2D eigenvalue weighted by molar-refractivity contribution is 0.101. The van der Waals surface area contributed by atoms with Crippen LogP contribution in [0.2, 0.25) is 10.0 Å². The molecule has 4 aromatic rings. The average molecular weight is 512 g/mol. The lowest BCUT2D eigenvalue weighted by Crippen LogP contribution is -2.14. The molecule has 0 unspecified atom stereocenters. The molecule has 1 N–H and O–H groups in total. The number of para-hydroxylation sites is 1. The number of hydrogen-bond acceptors (Lipinski definition) is 5. The second-order valence-electron chi connectivity index (χ2n) is 7.66. The van der Waals surface area contributed by atoms with Crippen LogP contribution in [0.3, 0.4) is 0 Å². The maximum Gasteiger partial charge on any atom is 0.255 e. The van der Waals surface area contributed by atoms with Gasteiger partial charge in [0.05, 0.1) is 28.9 Å². The van der Waals surface area contributed by atoms with Gasteiger partial charge in [-0.1, -0.05) is 42.3 Å². The maximum absolute atomic E-state index is 13.3. The Morgan fingerprint density at radius 2 is 1.60 bits per heavy atom. The Bertz CT molecular complexity index is 1360. The van der Waals surface area contributed by atoms with Gasteiger partial charge in [0.25, 0.3) is 5.91 Å². The van der Waals surface area contributed by atoms with Crippen molar-refractivity contribution < 1.29 is 23.5 Å². The summed E-state index contributed by atoms with van der Waals surface area (Å²) >= 11 is 12.6. The highest BCUT2D eigenvalue weighted by atomic mass is 35.5. The molecule has 4 rings (SSSR count). The highest BCUT2D eigenvalue weighted by molar-refractivity contribution is 6.38. The first kappa shape index (κ1) is 24.6. The standard InChI is InChI=1S/C27H23Cl2NO5/c1-3-13-34-25-20(28)14-17(15-21(25)29)27(32)30-23-19-7-5-6-8-22(19)35-26(23)24(31)16-9-11-18(12-10-16)33-4-2/h5-12,14-15H,3-4,13H2,1-2H3,(H,30,32). The Kier molecular flexibility index (Phi) is 7.63. The molecular formula is C27H23Cl2NO5. The first-order valence-corrected chi connectivity index (χ1v) is 11.9. The van der Waals surface area contributed by atoms with Crippen LogP contribution in [0.5, 0.6) is 11.5 Å². The molecule has 0 spiro atoms. The Labute approximate surface area is 212 Å². The number of halogens is 2. The third-order valence-corrected chi connectivity index (χ3v) is 5.74. The summed E-state index contributed by atoms with van der Waals surface area (Å²) in [5.74, 6) is 0.125. The summed E-state index contributed by atoms with van der Waals surface area (Å²) in [6.07, 6.45) is 0.785. The second-order valence-corrected chi connectivity index (χ2v) is 8.47. The number of fused-ring (bicyclic) bond motifs is 1. The van der Waals surface area contributed by atoms with Crippen LogP contribution in [0.15, 0.2) is 65.1 Å². The van der Waals surface area contributed by atoms with E-state index in [0.29, 0.717) is 41.2 Å². The molecule has 0 bridgehead atoms. The van der Waals surface area contributed by atoms with Crippen LogP contribution in [0.25, 0.3) is 11.0 Å². The molecule has 1 aromatic heterocycles. The third kappa shape index (κ3) is 5.29. The molecule has 0 fully saturated rings. The van der Waals surface area contributed by atoms with Crippen molar-refractivity contribution in [1.82, 2.24) is 0 Å². The van der Waals surface area contributed by atoms with Crippen LogP contribution >= 0.6 is 23.2 Å². The molecule has 0 radical (unpaired) electrons. The molecule has 35 heavy (non-hydrogen) atoms. The largest absolute Gasteiger partial charge is 0.494 e. The van der Waals surface area contributed by atoms with Gasteiger partial charge >= 0.3 is 0 Å². The van der Waals surface area contributed by atoms with Gasteiger partial charge in [-0.25, -0.2) is 0 Å². The Morgan fingerprint density at radius 1 is 0.914 bits per heavy atom. The summed E-state index contributed by atoms with van der Waals surface area (Å²) in [5, 5.41) is 3.85. The van der Waals surface area contributed by atoms with E-state index in [1.807, 2.05) is 13.8 Å². The van der Waals surface area contributed by atoms with Crippen LogP contribution in [0.1, 0.15) is 46.7 Å². The smallest absolute Gasteiger partial charge is 0.255 e. The van der Waals surface area contributed by atoms with Gasteiger partial charge in [0.1, 0.15) is 11.3 Å². The molecule has 180 valence electrons. The van der Waals surface area contributed by atoms with Crippen molar-refractivity contribution in [2.45, 2.75) is 20.3 Å². The van der Waals surface area contributed by atoms with Crippen molar-refractivity contribution in [3.8, 4) is 11.5 Å². The van der Waals surface area contributed by atoms with E-state index < -0.39 is 5.91 Å². The van der Waals surface area contributed by atoms with Gasteiger partial charge in [0, 0.05) is 16.5 Å². The number of ketones is 1. The fourth-order valence-electron chi connectivity index (χ4n) is 3.55. The zero-order valence-corrected chi connectivity index (χ0v) is 20.7. The number of nitrogens with one attached hydrogen (secondary N) is 1. The van der Waals surface area contributed by atoms with Gasteiger partial charge in [-0.3, -0.25) is 9.59 Å². The van der Waals surface area contributed by atoms with E-state index in [1.165, 1.54) is 12.1 Å². The number of amides is 1. The summed E-state index contributed by atoms with van der Waals surface area (Å²) in [6, 6.07) is 16.8. The molecule has 0 aliphatic carbocycles. The minimum atomic E-state index is -0.497. The summed E-state index contributed by atoms with van der Waals surface area (Å²) in [4.78, 5) is 26.5. The molecule has 0 saturated carbocycles. The van der Waals surface area contributed by atoms with Gasteiger partial charge in [-0.2, -0.15) is 0 Å². The number of hydrogen-bond donors (Lipinski definition) is 1. The second kappa shape index (κ2) is 10.8. The highest BCUT2D eigenvalue weighted by Gasteiger charge is 2.24. The van der Waals surface area contributed by atoms with E-state index in [4.69, 9.17) is 37.1 Å². The van der Waals surface area contributed by atoms with Crippen LogP contribution in [0, 0.1) is 0 Å². The monoisotopic (exact) mass is 511 g/mol. The fraction of sp³-hybridized carbons (Fsp3) is 0.185. The van der Waals surface area contributed by atoms with E-state index in [-0.39, 0.29) is 32.8 Å². The fourth-order valence-corrected chi connectivity index (χ4v) is 4.14. The van der Waals surface area contributed by atoms with Crippen molar-refractivity contribution >= 4 is 51.5 Å². The lowest BCUT2D eigenvalue weighted by atomic mass is 10.1. The molecule has 6 nitrogen and oxygen atoms in total. The number of carbonyl (C=O) groups excluding carboxylic acids is 2. The summed E-state index contributed by atoms with van der Waals surface area (Å²) < 4.78 is 16.9. The molecule has 1 heterocycles. The summed E-state index contributed by atoms with van der Waals surface area (Å²) in [7, 11) is 0. The van der Waals surface area contributed by atoms with Gasteiger partial charge in [-0.15, -0.1) is 0 Å². The lowest BCUT2D eigenvalue weighted by Gasteiger charge is -2.12. The normalized spacial score (nSPS) is 10.9. The van der Waals surface area contributed by atoms with Crippen LogP contribution in [-0.2, 0) is 0 Å². The Morgan fingerprint density at radius 3 is 2.26 bits per heavy atom. The van der Waals surface area contributed by atoms with Gasteiger partial charge in [0.2, 0.25) is 5.78 Å². The minimum Gasteiger partial charge on any atom is -0.494 e. The number of rotatable bonds is 9. The van der Waals surface area contributed by atoms with E-state index in [9.17, 15) is 9.59 Å². The maximum atomic E-state index is 13.3. The Balaban J connectivity index is 1.68. The highest BCUT2D eigenvalue weighted by Crippen LogP contribution is 2.36. The number of anilines is 1. The van der Waals surface area contributed by atoms with E-state index in [0.717, 1.165) is 6.42 Å². The first-order chi connectivity index (χ1) is 16.9. The molecule has 0 aliphatic heterocycles. The molecule has 8 heteroatoms. The van der Waals surface area contributed by atoms with Gasteiger partial charge in [0.15, 0.2) is 11.5 Å². The minimum absolute atomic E-state index is 0.0174. The molecule has 0 saturated heterocycles. The van der Waals surface area contributed by atoms with Crippen molar-refractivity contribution in [1.29, 1.82) is 0 Å². The zero-order valence-electron chi connectivity index (χ0n) is 19.2. The van der Waals surface area contributed by atoms with Crippen molar-refractivity contribution in [3.05, 3.63) is 87.6 Å². The van der Waals surface area contributed by atoms with Crippen LogP contribution in [-0.4, -0.2) is 24.9 Å².